The van der Waals surface area contributed by atoms with Gasteiger partial charge < -0.3 is 48.0 Å². The van der Waals surface area contributed by atoms with E-state index in [1.807, 2.05) is 36.0 Å². The summed E-state index contributed by atoms with van der Waals surface area (Å²) in [7, 11) is 0.312. The van der Waals surface area contributed by atoms with E-state index < -0.39 is 27.2 Å². The van der Waals surface area contributed by atoms with Crippen LogP contribution in [0.25, 0.3) is 22.0 Å². The lowest BCUT2D eigenvalue weighted by Crippen LogP contribution is -2.60. The van der Waals surface area contributed by atoms with E-state index in [0.29, 0.717) is 108 Å². The molecule has 76 heavy (non-hydrogen) atoms. The Morgan fingerprint density at radius 3 is 2.59 bits per heavy atom. The molecule has 0 radical (unpaired) electrons. The van der Waals surface area contributed by atoms with Crippen molar-refractivity contribution in [2.24, 2.45) is 5.41 Å². The molecule has 4 saturated heterocycles. The molecule has 5 aromatic rings. The first kappa shape index (κ1) is 53.3. The van der Waals surface area contributed by atoms with E-state index in [1.165, 1.54) is 16.7 Å². The Morgan fingerprint density at radius 2 is 1.82 bits per heavy atom. The number of ether oxygens (including phenoxy) is 6. The van der Waals surface area contributed by atoms with E-state index in [-0.39, 0.29) is 105 Å². The molecule has 0 bridgehead atoms. The maximum absolute atomic E-state index is 15.6. The molecule has 2 atom stereocenters. The fraction of sp³-hybridized carbons (Fsp3) is 0.472. The summed E-state index contributed by atoms with van der Waals surface area (Å²) in [4.78, 5) is 55.5. The summed E-state index contributed by atoms with van der Waals surface area (Å²) in [5, 5.41) is 6.24. The van der Waals surface area contributed by atoms with Gasteiger partial charge in [0.1, 0.15) is 59.0 Å². The number of oxazole rings is 1. The quantitative estimate of drug-likeness (QED) is 0.0504. The summed E-state index contributed by atoms with van der Waals surface area (Å²) in [6.45, 7) is 4.90. The molecule has 7 heterocycles. The van der Waals surface area contributed by atoms with Crippen LogP contribution in [0.3, 0.4) is 0 Å². The summed E-state index contributed by atoms with van der Waals surface area (Å²) < 4.78 is 84.4. The molecule has 2 amide bonds. The second-order valence-corrected chi connectivity index (χ2v) is 22.6. The van der Waals surface area contributed by atoms with Crippen LogP contribution in [0.15, 0.2) is 71.4 Å². The van der Waals surface area contributed by atoms with Crippen LogP contribution >= 0.6 is 11.6 Å². The molecule has 3 aromatic carbocycles. The number of carbonyl (C=O) groups excluding carboxylic acids is 3. The van der Waals surface area contributed by atoms with Crippen molar-refractivity contribution in [3.63, 3.8) is 0 Å². The molecular formula is C53H60ClFN8O12S. The van der Waals surface area contributed by atoms with Crippen LogP contribution in [0.4, 0.5) is 21.9 Å². The number of rotatable bonds is 22. The van der Waals surface area contributed by atoms with Gasteiger partial charge in [0.05, 0.1) is 69.1 Å². The Kier molecular flexibility index (Phi) is 16.0. The van der Waals surface area contributed by atoms with Gasteiger partial charge in [-0.1, -0.05) is 29.8 Å². The number of allylic oxidation sites excluding steroid dienone is 1. The molecule has 20 nitrogen and oxygen atoms in total. The second-order valence-electron chi connectivity index (χ2n) is 20.1. The van der Waals surface area contributed by atoms with Crippen LogP contribution in [0.1, 0.15) is 42.7 Å². The van der Waals surface area contributed by atoms with E-state index in [2.05, 4.69) is 25.6 Å². The lowest BCUT2D eigenvalue weighted by molar-refractivity contribution is -0.142. The number of imide groups is 1. The van der Waals surface area contributed by atoms with Gasteiger partial charge in [-0.3, -0.25) is 19.7 Å². The molecule has 2 unspecified atom stereocenters. The predicted molar refractivity (Wildman–Crippen MR) is 278 cm³/mol. The van der Waals surface area contributed by atoms with E-state index in [4.69, 9.17) is 44.4 Å². The fourth-order valence-electron chi connectivity index (χ4n) is 10.2. The third kappa shape index (κ3) is 11.9. The number of carbonyl (C=O) groups is 3. The third-order valence-corrected chi connectivity index (χ3v) is 16.3. The van der Waals surface area contributed by atoms with Crippen molar-refractivity contribution in [3.05, 3.63) is 94.9 Å². The van der Waals surface area contributed by atoms with Crippen LogP contribution < -0.4 is 25.0 Å². The number of sulfonamides is 1. The van der Waals surface area contributed by atoms with Gasteiger partial charge in [-0.25, -0.2) is 27.1 Å². The lowest BCUT2D eigenvalue weighted by Gasteiger charge is -2.46. The normalized spacial score (nSPS) is 20.5. The molecule has 23 heteroatoms. The van der Waals surface area contributed by atoms with Crippen LogP contribution in [0.5, 0.6) is 11.5 Å². The number of hydrogen-bond donors (Lipinski definition) is 2. The van der Waals surface area contributed by atoms with E-state index >= 15 is 4.39 Å². The summed E-state index contributed by atoms with van der Waals surface area (Å²) >= 11 is 6.47. The molecule has 2 N–H and O–H groups in total. The molecule has 5 aliphatic rings. The van der Waals surface area contributed by atoms with Crippen molar-refractivity contribution >= 4 is 67.6 Å². The average molecular weight is 1090 g/mol. The zero-order valence-electron chi connectivity index (χ0n) is 42.3. The Morgan fingerprint density at radius 1 is 1.01 bits per heavy atom. The number of nitrogens with one attached hydrogen (secondary N) is 2. The number of aromatic nitrogens is 3. The number of benzene rings is 3. The van der Waals surface area contributed by atoms with Crippen LogP contribution in [0, 0.1) is 11.2 Å². The van der Waals surface area contributed by atoms with Crippen molar-refractivity contribution in [3.8, 4) is 22.6 Å². The molecule has 2 aromatic heterocycles. The first-order valence-corrected chi connectivity index (χ1v) is 27.3. The molecule has 2 spiro atoms. The van der Waals surface area contributed by atoms with Crippen molar-refractivity contribution < 1.29 is 60.0 Å². The van der Waals surface area contributed by atoms with Crippen LogP contribution in [-0.4, -0.2) is 162 Å². The number of fused-ring (bicyclic) bond motifs is 3. The Bertz CT molecular complexity index is 3110. The van der Waals surface area contributed by atoms with Crippen LogP contribution in [0.2, 0.25) is 5.02 Å². The number of amides is 2. The summed E-state index contributed by atoms with van der Waals surface area (Å²) in [6.07, 6.45) is 6.73. The van der Waals surface area contributed by atoms with Gasteiger partial charge in [0.15, 0.2) is 5.78 Å². The number of anilines is 3. The topological polar surface area (TPSA) is 226 Å². The van der Waals surface area contributed by atoms with E-state index in [0.717, 1.165) is 12.8 Å². The second kappa shape index (κ2) is 22.8. The molecule has 4 fully saturated rings. The monoisotopic (exact) mass is 1090 g/mol. The maximum Gasteiger partial charge on any atom is 0.297 e. The molecule has 0 saturated carbocycles. The largest absolute Gasteiger partial charge is 0.491 e. The number of likely N-dealkylation sites (N-methyl/N-ethyl adjacent to an activating group) is 1. The number of halogens is 2. The van der Waals surface area contributed by atoms with Crippen molar-refractivity contribution in [1.29, 1.82) is 0 Å². The van der Waals surface area contributed by atoms with E-state index in [9.17, 15) is 22.8 Å². The van der Waals surface area contributed by atoms with Crippen molar-refractivity contribution in [2.45, 2.75) is 50.2 Å². The Labute approximate surface area is 444 Å². The highest BCUT2D eigenvalue weighted by molar-refractivity contribution is 7.89. The first-order chi connectivity index (χ1) is 36.7. The van der Waals surface area contributed by atoms with Crippen LogP contribution in [-0.2, 0) is 61.8 Å². The number of nitrogens with zero attached hydrogens (tertiary/aromatic N) is 6. The summed E-state index contributed by atoms with van der Waals surface area (Å²) in [6, 6.07) is 14.1. The number of ketones is 1. The molecular weight excluding hydrogens is 1030 g/mol. The molecule has 5 aliphatic heterocycles. The highest BCUT2D eigenvalue weighted by Gasteiger charge is 2.54. The Balaban J connectivity index is 0.660. The minimum Gasteiger partial charge on any atom is -0.491 e. The van der Waals surface area contributed by atoms with Gasteiger partial charge in [0.2, 0.25) is 21.8 Å². The van der Waals surface area contributed by atoms with Gasteiger partial charge in [-0.05, 0) is 68.9 Å². The van der Waals surface area contributed by atoms with Crippen molar-refractivity contribution in [1.82, 2.24) is 29.5 Å². The molecule has 404 valence electrons. The van der Waals surface area contributed by atoms with Gasteiger partial charge in [0.25, 0.3) is 6.01 Å². The Hall–Kier alpha value is -6.11. The lowest BCUT2D eigenvalue weighted by atomic mass is 9.76. The molecule has 10 rings (SSSR count). The highest BCUT2D eigenvalue weighted by Crippen LogP contribution is 2.45. The summed E-state index contributed by atoms with van der Waals surface area (Å²) in [5.41, 5.74) is 1.77. The van der Waals surface area contributed by atoms with Gasteiger partial charge in [0, 0.05) is 85.7 Å². The fourth-order valence-corrected chi connectivity index (χ4v) is 11.9. The van der Waals surface area contributed by atoms with Gasteiger partial charge >= 0.3 is 0 Å². The van der Waals surface area contributed by atoms with E-state index in [1.54, 1.807) is 42.5 Å². The minimum absolute atomic E-state index is 0.0189. The number of hydrogen-bond acceptors (Lipinski definition) is 18. The highest BCUT2D eigenvalue weighted by atomic mass is 35.5. The van der Waals surface area contributed by atoms with Gasteiger partial charge in [-0.15, -0.1) is 0 Å². The SMILES string of the molecule is CN(C)C/C=C/C(=O)Cc1cc2c(Nc3cc(Cl)c(F)c(-c4ccc(OCCOCCOCCS(=O)(=O)N5CC6(CCN(c7nc8c(o7)C7(CCC(=O)NC7=O)COC8)C6)C5)cc4)c3)ncnc2cc1OC1CCOC1. The average Bonchev–Trinajstić information content (AvgIpc) is 4.22. The summed E-state index contributed by atoms with van der Waals surface area (Å²) in [5.74, 6) is 0.369. The zero-order chi connectivity index (χ0) is 53.0. The van der Waals surface area contributed by atoms with Gasteiger partial charge in [-0.2, -0.15) is 4.98 Å². The predicted octanol–water partition coefficient (Wildman–Crippen LogP) is 5.38. The minimum atomic E-state index is -3.54. The number of piperidine rings is 1. The van der Waals surface area contributed by atoms with Crippen molar-refractivity contribution in [2.75, 3.05) is 116 Å². The first-order valence-electron chi connectivity index (χ1n) is 25.3. The zero-order valence-corrected chi connectivity index (χ0v) is 43.9. The molecule has 0 aliphatic carbocycles. The maximum atomic E-state index is 15.6. The standard InChI is InChI=1S/C53H60ClFN8O12S/c1-61(2)13-3-4-37(64)22-35-23-41-43(26-45(35)74-39-10-15-71-27-39)56-33-57-49(41)58-36-24-40(47(55)42(54)25-36)34-5-7-38(8-6-34)73-19-18-69-16-17-70-20-21-76(67,68)63-30-52(31-63)12-14-62(29-52)51-59-44-28-72-32-53(48(44)75-51)11-9-46(65)60-50(53)66/h3-8,23-26,33,39H,9-22,27-32H2,1-2H3,(H,56,57,58)(H,60,65,66)/b4-3+. The smallest absolute Gasteiger partial charge is 0.297 e. The third-order valence-electron chi connectivity index (χ3n) is 14.2.